The largest absolute Gasteiger partial charge is 0.447 e. The number of ether oxygens (including phenoxy) is 7. The molecule has 0 bridgehead atoms. The lowest BCUT2D eigenvalue weighted by atomic mass is 9.44. The maximum Gasteiger partial charge on any atom is 0.407 e. The third kappa shape index (κ3) is 8.09. The number of carbonyl (C=O) groups excluding carboxylic acids is 2. The van der Waals surface area contributed by atoms with Gasteiger partial charge in [0, 0.05) is 31.2 Å². The van der Waals surface area contributed by atoms with Gasteiger partial charge in [-0.1, -0.05) is 58.0 Å². The van der Waals surface area contributed by atoms with Crippen LogP contribution in [0.15, 0.2) is 30.3 Å². The quantitative estimate of drug-likeness (QED) is 0.177. The number of amides is 1. The van der Waals surface area contributed by atoms with E-state index in [1.54, 1.807) is 0 Å². The zero-order valence-corrected chi connectivity index (χ0v) is 36.9. The van der Waals surface area contributed by atoms with Crippen LogP contribution in [0.1, 0.15) is 91.0 Å². The number of Topliss-reactive ketones (excluding diaryl/α,β-unsaturated/α-hetero) is 1. The Bertz CT molecular complexity index is 1780. The molecule has 0 radical (unpaired) electrons. The first-order valence-corrected chi connectivity index (χ1v) is 23.5. The molecule has 22 atom stereocenters. The molecule has 16 nitrogen and oxygen atoms in total. The molecule has 0 aromatic heterocycles. The fraction of sp³-hybridized carbons (Fsp3) is 0.830. The lowest BCUT2D eigenvalue weighted by Gasteiger charge is -2.60. The molecule has 8 fully saturated rings. The van der Waals surface area contributed by atoms with Gasteiger partial charge >= 0.3 is 6.09 Å². The number of benzene rings is 1. The van der Waals surface area contributed by atoms with Crippen molar-refractivity contribution in [3.05, 3.63) is 35.9 Å². The first kappa shape index (κ1) is 45.8. The predicted molar refractivity (Wildman–Crippen MR) is 221 cm³/mol. The van der Waals surface area contributed by atoms with Crippen molar-refractivity contribution in [3.63, 3.8) is 0 Å². The summed E-state index contributed by atoms with van der Waals surface area (Å²) in [5.41, 5.74) is 0.503. The Balaban J connectivity index is 0.798. The van der Waals surface area contributed by atoms with Crippen molar-refractivity contribution in [2.45, 2.75) is 171 Å². The molecule has 9 rings (SSSR count). The van der Waals surface area contributed by atoms with E-state index >= 15 is 0 Å². The summed E-state index contributed by atoms with van der Waals surface area (Å²) < 4.78 is 42.6. The van der Waals surface area contributed by atoms with E-state index in [0.717, 1.165) is 50.7 Å². The molecule has 1 aromatic rings. The van der Waals surface area contributed by atoms with Crippen molar-refractivity contribution in [2.24, 2.45) is 52.3 Å². The zero-order valence-electron chi connectivity index (χ0n) is 36.9. The normalized spacial score (nSPS) is 50.6. The first-order valence-electron chi connectivity index (χ1n) is 23.5. The van der Waals surface area contributed by atoms with Crippen molar-refractivity contribution < 1.29 is 73.4 Å². The van der Waals surface area contributed by atoms with Crippen molar-refractivity contribution in [3.8, 4) is 0 Å². The van der Waals surface area contributed by atoms with Gasteiger partial charge in [0.25, 0.3) is 0 Å². The van der Waals surface area contributed by atoms with E-state index in [1.807, 2.05) is 30.3 Å². The monoisotopic (exact) mass is 887 g/mol. The SMILES string of the molecule is C[C@@H]1CC[C@@]2(OC1)OC1C[C@H]3[C@@H]4CC[C@H]5C[C@@H](O[C@@H]6O[C@H](CO)[C@@H](O[C@@H]7O[C@H](COC(=O)NCc8ccccc8)[C@@H](O)[C@H](O)[C@H]7O)[C@H](O)[C@H]6O)CC[C@]5(C)[C@H]4C(=O)C[C@]3(C)C1[C@@H]2C. The lowest BCUT2D eigenvalue weighted by molar-refractivity contribution is -0.364. The van der Waals surface area contributed by atoms with Crippen LogP contribution in [-0.2, 0) is 44.5 Å². The van der Waals surface area contributed by atoms with Crippen LogP contribution >= 0.6 is 0 Å². The minimum Gasteiger partial charge on any atom is -0.447 e. The van der Waals surface area contributed by atoms with E-state index in [4.69, 9.17) is 33.2 Å². The second-order valence-corrected chi connectivity index (χ2v) is 20.9. The number of rotatable bonds is 9. The van der Waals surface area contributed by atoms with E-state index in [0.29, 0.717) is 48.7 Å². The molecule has 352 valence electrons. The molecule has 8 aliphatic rings. The number of nitrogens with one attached hydrogen (secondary N) is 1. The van der Waals surface area contributed by atoms with Crippen molar-refractivity contribution in [1.29, 1.82) is 0 Å². The number of ketones is 1. The van der Waals surface area contributed by atoms with E-state index in [-0.39, 0.29) is 47.3 Å². The van der Waals surface area contributed by atoms with Crippen LogP contribution < -0.4 is 5.32 Å². The van der Waals surface area contributed by atoms with Crippen LogP contribution in [0.5, 0.6) is 0 Å². The third-order valence-electron chi connectivity index (χ3n) is 17.3. The van der Waals surface area contributed by atoms with Crippen LogP contribution in [0.25, 0.3) is 0 Å². The molecule has 63 heavy (non-hydrogen) atoms. The summed E-state index contributed by atoms with van der Waals surface area (Å²) in [5, 5.41) is 67.8. The van der Waals surface area contributed by atoms with Gasteiger partial charge in [-0.3, -0.25) is 4.79 Å². The number of fused-ring (bicyclic) bond motifs is 7. The van der Waals surface area contributed by atoms with Gasteiger partial charge in [-0.25, -0.2) is 4.79 Å². The second-order valence-electron chi connectivity index (χ2n) is 20.9. The van der Waals surface area contributed by atoms with Gasteiger partial charge in [-0.05, 0) is 90.9 Å². The average molecular weight is 888 g/mol. The van der Waals surface area contributed by atoms with Gasteiger partial charge in [0.05, 0.1) is 25.4 Å². The highest BCUT2D eigenvalue weighted by Crippen LogP contribution is 2.70. The highest BCUT2D eigenvalue weighted by Gasteiger charge is 2.71. The first-order chi connectivity index (χ1) is 30.1. The predicted octanol–water partition coefficient (Wildman–Crippen LogP) is 2.56. The molecule has 1 amide bonds. The summed E-state index contributed by atoms with van der Waals surface area (Å²) in [6.07, 6.45) is -9.15. The Hall–Kier alpha value is -2.32. The average Bonchev–Trinajstić information content (AvgIpc) is 3.71. The summed E-state index contributed by atoms with van der Waals surface area (Å²) in [7, 11) is 0. The fourth-order valence-corrected chi connectivity index (χ4v) is 14.0. The van der Waals surface area contributed by atoms with Crippen LogP contribution in [0.4, 0.5) is 4.79 Å². The molecule has 4 saturated carbocycles. The maximum absolute atomic E-state index is 14.6. The van der Waals surface area contributed by atoms with Gasteiger partial charge in [0.15, 0.2) is 18.4 Å². The number of alkyl carbamates (subject to hydrolysis) is 1. The molecule has 16 heteroatoms. The molecule has 1 aromatic carbocycles. The minimum atomic E-state index is -1.81. The molecular formula is C47H69NO15. The van der Waals surface area contributed by atoms with Crippen molar-refractivity contribution in [1.82, 2.24) is 5.32 Å². The molecule has 7 N–H and O–H groups in total. The summed E-state index contributed by atoms with van der Waals surface area (Å²) in [4.78, 5) is 27.0. The van der Waals surface area contributed by atoms with E-state index < -0.39 is 86.5 Å². The Labute approximate surface area is 369 Å². The summed E-state index contributed by atoms with van der Waals surface area (Å²) in [5.74, 6) is 1.77. The maximum atomic E-state index is 14.6. The zero-order chi connectivity index (χ0) is 44.6. The Kier molecular flexibility index (Phi) is 12.9. The second kappa shape index (κ2) is 17.7. The number of hydrogen-bond donors (Lipinski definition) is 7. The summed E-state index contributed by atoms with van der Waals surface area (Å²) in [6.45, 7) is 8.91. The highest BCUT2D eigenvalue weighted by atomic mass is 16.7. The van der Waals surface area contributed by atoms with E-state index in [9.17, 15) is 40.2 Å². The summed E-state index contributed by atoms with van der Waals surface area (Å²) in [6, 6.07) is 9.14. The van der Waals surface area contributed by atoms with Gasteiger partial charge < -0.3 is 69.1 Å². The van der Waals surface area contributed by atoms with Gasteiger partial charge in [-0.15, -0.1) is 0 Å². The molecular weight excluding hydrogens is 819 g/mol. The fourth-order valence-electron chi connectivity index (χ4n) is 14.0. The Morgan fingerprint density at radius 3 is 2.30 bits per heavy atom. The molecule has 4 aliphatic heterocycles. The van der Waals surface area contributed by atoms with Crippen LogP contribution in [0.3, 0.4) is 0 Å². The van der Waals surface area contributed by atoms with Gasteiger partial charge in [-0.2, -0.15) is 0 Å². The van der Waals surface area contributed by atoms with E-state index in [1.165, 1.54) is 0 Å². The Morgan fingerprint density at radius 2 is 1.57 bits per heavy atom. The van der Waals surface area contributed by atoms with Crippen LogP contribution in [0, 0.1) is 52.3 Å². The van der Waals surface area contributed by atoms with Gasteiger partial charge in [0.2, 0.25) is 0 Å². The number of hydrogen-bond acceptors (Lipinski definition) is 15. The molecule has 4 aliphatic carbocycles. The molecule has 4 heterocycles. The smallest absolute Gasteiger partial charge is 0.407 e. The van der Waals surface area contributed by atoms with Gasteiger partial charge in [0.1, 0.15) is 61.2 Å². The standard InChI is InChI=1S/C47H69NO15/c1-23-12-15-47(58-21-23)24(2)34-31(63-47)17-29-28-11-10-26-16-27(13-14-45(26,3)35(28)30(50)18-46(29,34)4)59-42-40(55)38(53)41(32(20-49)60-42)62-43-39(54)37(52)36(51)33(61-43)22-57-44(56)48-19-25-8-6-5-7-9-25/h5-9,23-24,26-29,31-43,49,51-55H,10-22H2,1-4H3,(H,48,56)/t23-,24+,26+,27+,28+,29+,31?,32-,33-,34?,35-,36-,37+,38-,39-,40-,41-,42-,43+,45+,46+,47-/m1/s1. The van der Waals surface area contributed by atoms with E-state index in [2.05, 4.69) is 33.0 Å². The third-order valence-corrected chi connectivity index (χ3v) is 17.3. The van der Waals surface area contributed by atoms with Crippen molar-refractivity contribution in [2.75, 3.05) is 19.8 Å². The number of aliphatic hydroxyl groups excluding tert-OH is 6. The minimum absolute atomic E-state index is 0.0416. The van der Waals surface area contributed by atoms with Crippen LogP contribution in [0.2, 0.25) is 0 Å². The van der Waals surface area contributed by atoms with Crippen LogP contribution in [-0.4, -0.2) is 142 Å². The highest BCUT2D eigenvalue weighted by molar-refractivity contribution is 5.84. The molecule has 2 unspecified atom stereocenters. The number of carbonyl (C=O) groups is 2. The van der Waals surface area contributed by atoms with Crippen molar-refractivity contribution >= 4 is 11.9 Å². The number of aliphatic hydroxyl groups is 6. The summed E-state index contributed by atoms with van der Waals surface area (Å²) >= 11 is 0. The topological polar surface area (TPSA) is 232 Å². The lowest BCUT2D eigenvalue weighted by Crippen LogP contribution is -2.65. The molecule has 1 spiro atoms. The Morgan fingerprint density at radius 1 is 0.841 bits per heavy atom. The molecule has 4 saturated heterocycles.